The van der Waals surface area contributed by atoms with Crippen molar-refractivity contribution >= 4 is 11.6 Å². The van der Waals surface area contributed by atoms with E-state index in [2.05, 4.69) is 5.32 Å². The molecule has 0 spiro atoms. The van der Waals surface area contributed by atoms with Gasteiger partial charge in [-0.2, -0.15) is 0 Å². The standard InChI is InChI=1S/C19H23FN2O3/c1-14-8-9-18(24-3)16(12-14)21-19(23)13-22(2)10-11-25-17-7-5-4-6-15(17)20/h4-9,12H,10-11,13H2,1-3H3,(H,21,23). The highest BCUT2D eigenvalue weighted by Gasteiger charge is 2.11. The van der Waals surface area contributed by atoms with Gasteiger partial charge in [0, 0.05) is 6.54 Å². The fourth-order valence-electron chi connectivity index (χ4n) is 2.31. The van der Waals surface area contributed by atoms with Gasteiger partial charge in [-0.05, 0) is 43.8 Å². The molecule has 1 N–H and O–H groups in total. The first-order valence-corrected chi connectivity index (χ1v) is 8.00. The third-order valence-electron chi connectivity index (χ3n) is 3.61. The number of para-hydroxylation sites is 1. The summed E-state index contributed by atoms with van der Waals surface area (Å²) < 4.78 is 24.1. The Hall–Kier alpha value is -2.60. The Morgan fingerprint density at radius 2 is 1.96 bits per heavy atom. The molecule has 0 aliphatic carbocycles. The minimum absolute atomic E-state index is 0.155. The molecule has 0 bridgehead atoms. The molecule has 6 heteroatoms. The van der Waals surface area contributed by atoms with Gasteiger partial charge >= 0.3 is 0 Å². The number of hydrogen-bond donors (Lipinski definition) is 1. The Labute approximate surface area is 147 Å². The van der Waals surface area contributed by atoms with Gasteiger partial charge in [0.25, 0.3) is 0 Å². The molecule has 0 aliphatic heterocycles. The summed E-state index contributed by atoms with van der Waals surface area (Å²) >= 11 is 0. The van der Waals surface area contributed by atoms with Gasteiger partial charge in [0.15, 0.2) is 11.6 Å². The van der Waals surface area contributed by atoms with Crippen molar-refractivity contribution in [3.8, 4) is 11.5 Å². The molecule has 0 saturated carbocycles. The van der Waals surface area contributed by atoms with Crippen molar-refractivity contribution < 1.29 is 18.7 Å². The maximum atomic E-state index is 13.5. The van der Waals surface area contributed by atoms with Gasteiger partial charge in [0.05, 0.1) is 19.3 Å². The van der Waals surface area contributed by atoms with E-state index in [1.807, 2.05) is 25.1 Å². The fourth-order valence-corrected chi connectivity index (χ4v) is 2.31. The molecule has 1 amide bonds. The Bertz CT molecular complexity index is 722. The number of methoxy groups -OCH3 is 1. The van der Waals surface area contributed by atoms with Crippen molar-refractivity contribution in [3.63, 3.8) is 0 Å². The minimum atomic E-state index is -0.394. The summed E-state index contributed by atoms with van der Waals surface area (Å²) in [6.45, 7) is 2.92. The van der Waals surface area contributed by atoms with Gasteiger partial charge in [-0.15, -0.1) is 0 Å². The zero-order valence-corrected chi connectivity index (χ0v) is 14.7. The lowest BCUT2D eigenvalue weighted by molar-refractivity contribution is -0.117. The third-order valence-corrected chi connectivity index (χ3v) is 3.61. The number of carbonyl (C=O) groups is 1. The van der Waals surface area contributed by atoms with Crippen LogP contribution in [0.3, 0.4) is 0 Å². The predicted octanol–water partition coefficient (Wildman–Crippen LogP) is 3.09. The fraction of sp³-hybridized carbons (Fsp3) is 0.316. The first-order valence-electron chi connectivity index (χ1n) is 8.00. The molecule has 0 aliphatic rings. The third kappa shape index (κ3) is 5.76. The van der Waals surface area contributed by atoms with Gasteiger partial charge < -0.3 is 14.8 Å². The lowest BCUT2D eigenvalue weighted by Crippen LogP contribution is -2.33. The highest BCUT2D eigenvalue weighted by molar-refractivity contribution is 5.93. The Morgan fingerprint density at radius 1 is 1.20 bits per heavy atom. The van der Waals surface area contributed by atoms with Crippen molar-refractivity contribution in [3.05, 3.63) is 53.8 Å². The van der Waals surface area contributed by atoms with Crippen molar-refractivity contribution in [2.75, 3.05) is 39.2 Å². The van der Waals surface area contributed by atoms with E-state index < -0.39 is 5.82 Å². The number of anilines is 1. The van der Waals surface area contributed by atoms with E-state index >= 15 is 0 Å². The van der Waals surface area contributed by atoms with E-state index in [-0.39, 0.29) is 18.2 Å². The summed E-state index contributed by atoms with van der Waals surface area (Å²) in [6.07, 6.45) is 0. The molecule has 0 fully saturated rings. The predicted molar refractivity (Wildman–Crippen MR) is 95.8 cm³/mol. The van der Waals surface area contributed by atoms with Crippen molar-refractivity contribution in [1.29, 1.82) is 0 Å². The maximum absolute atomic E-state index is 13.5. The number of likely N-dealkylation sites (N-methyl/N-ethyl adjacent to an activating group) is 1. The average molecular weight is 346 g/mol. The number of amides is 1. The summed E-state index contributed by atoms with van der Waals surface area (Å²) in [6, 6.07) is 11.8. The van der Waals surface area contributed by atoms with Crippen LogP contribution in [-0.2, 0) is 4.79 Å². The number of ether oxygens (including phenoxy) is 2. The SMILES string of the molecule is COc1ccc(C)cc1NC(=O)CN(C)CCOc1ccccc1F. The topological polar surface area (TPSA) is 50.8 Å². The maximum Gasteiger partial charge on any atom is 0.238 e. The number of hydrogen-bond acceptors (Lipinski definition) is 4. The molecule has 25 heavy (non-hydrogen) atoms. The van der Waals surface area contributed by atoms with Gasteiger partial charge in [0.2, 0.25) is 5.91 Å². The minimum Gasteiger partial charge on any atom is -0.495 e. The molecule has 0 saturated heterocycles. The number of nitrogens with zero attached hydrogens (tertiary/aromatic N) is 1. The van der Waals surface area contributed by atoms with Gasteiger partial charge in [0.1, 0.15) is 12.4 Å². The first kappa shape index (κ1) is 18.7. The second kappa shape index (κ2) is 9.03. The Kier molecular flexibility index (Phi) is 6.77. The molecule has 2 aromatic rings. The number of carbonyl (C=O) groups excluding carboxylic acids is 1. The molecular formula is C19H23FN2O3. The lowest BCUT2D eigenvalue weighted by atomic mass is 10.2. The molecule has 2 rings (SSSR count). The van der Waals surface area contributed by atoms with Crippen LogP contribution in [0.5, 0.6) is 11.5 Å². The second-order valence-corrected chi connectivity index (χ2v) is 5.77. The lowest BCUT2D eigenvalue weighted by Gasteiger charge is -2.17. The zero-order valence-electron chi connectivity index (χ0n) is 14.7. The monoisotopic (exact) mass is 346 g/mol. The van der Waals surface area contributed by atoms with E-state index in [1.54, 1.807) is 37.3 Å². The molecule has 2 aromatic carbocycles. The van der Waals surface area contributed by atoms with Crippen molar-refractivity contribution in [2.45, 2.75) is 6.92 Å². The van der Waals surface area contributed by atoms with Crippen LogP contribution in [0.4, 0.5) is 10.1 Å². The van der Waals surface area contributed by atoms with Gasteiger partial charge in [-0.25, -0.2) is 4.39 Å². The molecule has 134 valence electrons. The molecular weight excluding hydrogens is 323 g/mol. The normalized spacial score (nSPS) is 10.6. The van der Waals surface area contributed by atoms with Crippen LogP contribution in [0.2, 0.25) is 0 Å². The van der Waals surface area contributed by atoms with E-state index in [0.29, 0.717) is 24.6 Å². The van der Waals surface area contributed by atoms with Crippen LogP contribution in [0.25, 0.3) is 0 Å². The van der Waals surface area contributed by atoms with Crippen molar-refractivity contribution in [2.24, 2.45) is 0 Å². The van der Waals surface area contributed by atoms with Gasteiger partial charge in [-0.1, -0.05) is 18.2 Å². The molecule has 0 radical (unpaired) electrons. The quantitative estimate of drug-likeness (QED) is 0.798. The summed E-state index contributed by atoms with van der Waals surface area (Å²) in [5, 5.41) is 2.84. The largest absolute Gasteiger partial charge is 0.495 e. The van der Waals surface area contributed by atoms with E-state index in [9.17, 15) is 9.18 Å². The molecule has 0 heterocycles. The molecule has 5 nitrogen and oxygen atoms in total. The summed E-state index contributed by atoms with van der Waals surface area (Å²) in [5.74, 6) is 0.279. The first-order chi connectivity index (χ1) is 12.0. The second-order valence-electron chi connectivity index (χ2n) is 5.77. The van der Waals surface area contributed by atoms with Crippen LogP contribution in [0, 0.1) is 12.7 Å². The van der Waals surface area contributed by atoms with Crippen LogP contribution in [0.15, 0.2) is 42.5 Å². The van der Waals surface area contributed by atoms with Crippen molar-refractivity contribution in [1.82, 2.24) is 4.90 Å². The summed E-state index contributed by atoms with van der Waals surface area (Å²) in [5.41, 5.74) is 1.67. The molecule has 0 aromatic heterocycles. The Morgan fingerprint density at radius 3 is 2.68 bits per heavy atom. The average Bonchev–Trinajstić information content (AvgIpc) is 2.56. The molecule has 0 atom stereocenters. The summed E-state index contributed by atoms with van der Waals surface area (Å²) in [4.78, 5) is 14.0. The number of benzene rings is 2. The highest BCUT2D eigenvalue weighted by Crippen LogP contribution is 2.25. The highest BCUT2D eigenvalue weighted by atomic mass is 19.1. The van der Waals surface area contributed by atoms with E-state index in [1.165, 1.54) is 6.07 Å². The van der Waals surface area contributed by atoms with Gasteiger partial charge in [-0.3, -0.25) is 9.69 Å². The number of rotatable bonds is 8. The smallest absolute Gasteiger partial charge is 0.238 e. The summed E-state index contributed by atoms with van der Waals surface area (Å²) in [7, 11) is 3.37. The van der Waals surface area contributed by atoms with E-state index in [4.69, 9.17) is 9.47 Å². The zero-order chi connectivity index (χ0) is 18.2. The van der Waals surface area contributed by atoms with Crippen LogP contribution < -0.4 is 14.8 Å². The number of nitrogens with one attached hydrogen (secondary N) is 1. The number of halogens is 1. The van der Waals surface area contributed by atoms with Crippen LogP contribution >= 0.6 is 0 Å². The Balaban J connectivity index is 1.80. The van der Waals surface area contributed by atoms with Crippen LogP contribution in [-0.4, -0.2) is 44.7 Å². The molecule has 0 unspecified atom stereocenters. The van der Waals surface area contributed by atoms with E-state index in [0.717, 1.165) is 5.56 Å². The van der Waals surface area contributed by atoms with Crippen LogP contribution in [0.1, 0.15) is 5.56 Å². The number of aryl methyl sites for hydroxylation is 1.